The van der Waals surface area contributed by atoms with E-state index in [-0.39, 0.29) is 17.2 Å². The number of benzene rings is 2. The van der Waals surface area contributed by atoms with Gasteiger partial charge < -0.3 is 20.1 Å². The molecule has 11 nitrogen and oxygen atoms in total. The molecule has 1 aliphatic rings. The first-order valence-electron chi connectivity index (χ1n) is 13.5. The van der Waals surface area contributed by atoms with Gasteiger partial charge in [0.05, 0.1) is 24.0 Å². The Morgan fingerprint density at radius 3 is 2.74 bits per heavy atom. The van der Waals surface area contributed by atoms with Gasteiger partial charge in [0, 0.05) is 35.8 Å². The third kappa shape index (κ3) is 5.79. The van der Waals surface area contributed by atoms with Gasteiger partial charge in [0.2, 0.25) is 0 Å². The highest BCUT2D eigenvalue weighted by Crippen LogP contribution is 2.38. The van der Waals surface area contributed by atoms with Crippen molar-refractivity contribution in [2.24, 2.45) is 0 Å². The van der Waals surface area contributed by atoms with E-state index >= 15 is 0 Å². The van der Waals surface area contributed by atoms with Gasteiger partial charge in [-0.1, -0.05) is 0 Å². The molecule has 0 radical (unpaired) electrons. The first-order valence-corrected chi connectivity index (χ1v) is 13.5. The fourth-order valence-corrected chi connectivity index (χ4v) is 5.01. The highest BCUT2D eigenvalue weighted by atomic mass is 19.1. The number of anilines is 3. The van der Waals surface area contributed by atoms with Crippen LogP contribution in [0.1, 0.15) is 18.4 Å². The molecular formula is C30H28F2N8O3. The van der Waals surface area contributed by atoms with E-state index in [1.54, 1.807) is 28.9 Å². The highest BCUT2D eigenvalue weighted by molar-refractivity contribution is 6.04. The van der Waals surface area contributed by atoms with E-state index in [0.717, 1.165) is 31.0 Å². The number of rotatable bonds is 8. The minimum absolute atomic E-state index is 0.177. The second-order valence-electron chi connectivity index (χ2n) is 10.2. The fraction of sp³-hybridized carbons (Fsp3) is 0.233. The van der Waals surface area contributed by atoms with Crippen LogP contribution in [-0.2, 0) is 4.79 Å². The number of carbonyl (C=O) groups excluding carboxylic acids is 1. The van der Waals surface area contributed by atoms with Crippen LogP contribution in [0, 0.1) is 12.7 Å². The molecule has 13 heteroatoms. The summed E-state index contributed by atoms with van der Waals surface area (Å²) in [6, 6.07) is 9.46. The van der Waals surface area contributed by atoms with E-state index in [2.05, 4.69) is 30.7 Å². The van der Waals surface area contributed by atoms with Crippen LogP contribution in [0.4, 0.5) is 26.0 Å². The lowest BCUT2D eigenvalue weighted by Crippen LogP contribution is -2.24. The number of likely N-dealkylation sites (tertiary alicyclic amines) is 1. The molecule has 220 valence electrons. The second kappa shape index (κ2) is 11.6. The Bertz CT molecular complexity index is 1880. The molecule has 1 fully saturated rings. The maximum absolute atomic E-state index is 14.9. The number of methoxy groups -OCH3 is 1. The smallest absolute Gasteiger partial charge is 0.284 e. The van der Waals surface area contributed by atoms with E-state index in [4.69, 9.17) is 9.47 Å². The molecule has 43 heavy (non-hydrogen) atoms. The molecule has 6 rings (SSSR count). The molecule has 1 unspecified atom stereocenters. The standard InChI is InChI=1S/C30H28F2N8O3/c1-17-9-25(27(42-3)14-26(17)43-19-6-8-40-28(11-19)34-16-36-40)37-29-20-12-24(21(31)13-23(20)33-15-35-29)38-30(41)22(32)10-18-5-4-7-39(18)2/h6,8-16,18H,4-5,7H2,1-3H3,(H,38,41)(H,33,35,37)/b22-10+. The molecule has 0 spiro atoms. The number of likely N-dealkylation sites (N-methyl/N-ethyl adjacent to an activating group) is 1. The summed E-state index contributed by atoms with van der Waals surface area (Å²) in [7, 11) is 3.39. The van der Waals surface area contributed by atoms with E-state index in [9.17, 15) is 13.6 Å². The average Bonchev–Trinajstić information content (AvgIpc) is 3.63. The van der Waals surface area contributed by atoms with Gasteiger partial charge in [-0.3, -0.25) is 9.69 Å². The maximum Gasteiger partial charge on any atom is 0.284 e. The summed E-state index contributed by atoms with van der Waals surface area (Å²) in [4.78, 5) is 27.2. The Hall–Kier alpha value is -5.17. The lowest BCUT2D eigenvalue weighted by Gasteiger charge is -2.17. The van der Waals surface area contributed by atoms with Gasteiger partial charge in [-0.2, -0.15) is 5.10 Å². The SMILES string of the molecule is COc1cc(Oc2ccn3ncnc3c2)c(C)cc1Nc1ncnc2cc(F)c(NC(=O)/C(F)=C\C3CCCN3C)cc12. The number of amides is 1. The largest absolute Gasteiger partial charge is 0.494 e. The molecule has 0 saturated carbocycles. The first-order chi connectivity index (χ1) is 20.8. The number of ether oxygens (including phenoxy) is 2. The molecule has 0 aliphatic carbocycles. The van der Waals surface area contributed by atoms with Crippen molar-refractivity contribution in [1.82, 2.24) is 29.5 Å². The Balaban J connectivity index is 1.27. The van der Waals surface area contributed by atoms with Crippen molar-refractivity contribution in [2.45, 2.75) is 25.8 Å². The van der Waals surface area contributed by atoms with Crippen molar-refractivity contribution in [2.75, 3.05) is 31.3 Å². The number of fused-ring (bicyclic) bond motifs is 2. The number of nitrogens with one attached hydrogen (secondary N) is 2. The fourth-order valence-electron chi connectivity index (χ4n) is 5.01. The zero-order chi connectivity index (χ0) is 30.1. The number of hydrogen-bond acceptors (Lipinski definition) is 9. The first kappa shape index (κ1) is 28.0. The number of aryl methyl sites for hydroxylation is 1. The molecule has 3 aromatic heterocycles. The van der Waals surface area contributed by atoms with Crippen LogP contribution in [0.2, 0.25) is 0 Å². The quantitative estimate of drug-likeness (QED) is 0.226. The second-order valence-corrected chi connectivity index (χ2v) is 10.2. The van der Waals surface area contributed by atoms with Crippen LogP contribution in [0.5, 0.6) is 17.2 Å². The normalized spacial score (nSPS) is 15.7. The van der Waals surface area contributed by atoms with Crippen molar-refractivity contribution >= 4 is 39.6 Å². The number of halogens is 2. The Labute approximate surface area is 245 Å². The molecule has 4 heterocycles. The van der Waals surface area contributed by atoms with Gasteiger partial charge in [0.15, 0.2) is 11.5 Å². The van der Waals surface area contributed by atoms with E-state index < -0.39 is 17.6 Å². The van der Waals surface area contributed by atoms with Gasteiger partial charge >= 0.3 is 0 Å². The predicted molar refractivity (Wildman–Crippen MR) is 157 cm³/mol. The summed E-state index contributed by atoms with van der Waals surface area (Å²) in [5, 5.41) is 10.0. The zero-order valence-electron chi connectivity index (χ0n) is 23.6. The predicted octanol–water partition coefficient (Wildman–Crippen LogP) is 5.55. The molecule has 1 amide bonds. The maximum atomic E-state index is 14.9. The molecule has 0 bridgehead atoms. The monoisotopic (exact) mass is 586 g/mol. The topological polar surface area (TPSA) is 119 Å². The van der Waals surface area contributed by atoms with Crippen molar-refractivity contribution < 1.29 is 23.0 Å². The summed E-state index contributed by atoms with van der Waals surface area (Å²) in [6.45, 7) is 2.70. The van der Waals surface area contributed by atoms with Crippen LogP contribution < -0.4 is 20.1 Å². The van der Waals surface area contributed by atoms with Crippen molar-refractivity contribution in [3.05, 3.63) is 78.5 Å². The Kier molecular flexibility index (Phi) is 7.55. The van der Waals surface area contributed by atoms with Crippen molar-refractivity contribution in [3.63, 3.8) is 0 Å². The van der Waals surface area contributed by atoms with E-state index in [0.29, 0.717) is 39.8 Å². The number of nitrogens with zero attached hydrogens (tertiary/aromatic N) is 6. The molecule has 5 aromatic rings. The summed E-state index contributed by atoms with van der Waals surface area (Å²) in [5.74, 6) is -0.833. The van der Waals surface area contributed by atoms with E-state index in [1.165, 1.54) is 31.9 Å². The van der Waals surface area contributed by atoms with Crippen LogP contribution in [0.3, 0.4) is 0 Å². The van der Waals surface area contributed by atoms with Gasteiger partial charge in [-0.05, 0) is 63.2 Å². The molecule has 1 atom stereocenters. The lowest BCUT2D eigenvalue weighted by molar-refractivity contribution is -0.114. The third-order valence-corrected chi connectivity index (χ3v) is 7.33. The summed E-state index contributed by atoms with van der Waals surface area (Å²) in [6.07, 6.45) is 7.44. The Morgan fingerprint density at radius 1 is 1.09 bits per heavy atom. The molecule has 1 saturated heterocycles. The minimum Gasteiger partial charge on any atom is -0.494 e. The van der Waals surface area contributed by atoms with E-state index in [1.807, 2.05) is 24.9 Å². The van der Waals surface area contributed by atoms with Crippen LogP contribution in [0.15, 0.2) is 67.2 Å². The minimum atomic E-state index is -1.03. The highest BCUT2D eigenvalue weighted by Gasteiger charge is 2.22. The number of pyridine rings is 1. The zero-order valence-corrected chi connectivity index (χ0v) is 23.6. The summed E-state index contributed by atoms with van der Waals surface area (Å²) >= 11 is 0. The number of carbonyl (C=O) groups is 1. The van der Waals surface area contributed by atoms with Crippen molar-refractivity contribution in [3.8, 4) is 17.2 Å². The van der Waals surface area contributed by atoms with Crippen LogP contribution in [0.25, 0.3) is 16.6 Å². The molecule has 1 aliphatic heterocycles. The van der Waals surface area contributed by atoms with Crippen molar-refractivity contribution in [1.29, 1.82) is 0 Å². The van der Waals surface area contributed by atoms with Crippen LogP contribution >= 0.6 is 0 Å². The summed E-state index contributed by atoms with van der Waals surface area (Å²) in [5.41, 5.74) is 2.08. The average molecular weight is 587 g/mol. The van der Waals surface area contributed by atoms with Crippen LogP contribution in [-0.4, -0.2) is 62.1 Å². The molecular weight excluding hydrogens is 558 g/mol. The number of hydrogen-bond donors (Lipinski definition) is 2. The van der Waals surface area contributed by atoms with Gasteiger partial charge in [0.1, 0.15) is 41.5 Å². The third-order valence-electron chi connectivity index (χ3n) is 7.33. The molecule has 2 aromatic carbocycles. The summed E-state index contributed by atoms with van der Waals surface area (Å²) < 4.78 is 43.0. The Morgan fingerprint density at radius 2 is 1.95 bits per heavy atom. The van der Waals surface area contributed by atoms with Gasteiger partial charge in [0.25, 0.3) is 5.91 Å². The number of aromatic nitrogens is 5. The lowest BCUT2D eigenvalue weighted by atomic mass is 10.1. The van der Waals surface area contributed by atoms with Gasteiger partial charge in [-0.15, -0.1) is 0 Å². The van der Waals surface area contributed by atoms with Gasteiger partial charge in [-0.25, -0.2) is 28.2 Å². The molecule has 2 N–H and O–H groups in total.